The lowest BCUT2D eigenvalue weighted by Gasteiger charge is -2.49. The zero-order chi connectivity index (χ0) is 37.6. The molecular weight excluding hydrogens is 776 g/mol. The average Bonchev–Trinajstić information content (AvgIpc) is 3.93. The van der Waals surface area contributed by atoms with Crippen LogP contribution in [0.1, 0.15) is 23.2 Å². The number of oxime groups is 2. The molecule has 4 aromatic rings. The second kappa shape index (κ2) is 14.9. The number of nitrogens with two attached hydrogens (primary N) is 2. The first-order valence-corrected chi connectivity index (χ1v) is 18.6. The van der Waals surface area contributed by atoms with Crippen molar-refractivity contribution in [3.8, 4) is 0 Å². The number of carbonyl (C=O) groups is 3. The number of fused-ring (bicyclic) bond motifs is 2. The van der Waals surface area contributed by atoms with Crippen molar-refractivity contribution in [2.45, 2.75) is 37.0 Å². The average molecular weight is 808 g/mol. The molecule has 2 fully saturated rings. The molecule has 3 atom stereocenters. The van der Waals surface area contributed by atoms with Gasteiger partial charge in [0.1, 0.15) is 58.9 Å². The third kappa shape index (κ3) is 6.99. The Labute approximate surface area is 317 Å². The van der Waals surface area contributed by atoms with Crippen molar-refractivity contribution >= 4 is 86.4 Å². The van der Waals surface area contributed by atoms with Crippen molar-refractivity contribution in [1.29, 1.82) is 0 Å². The van der Waals surface area contributed by atoms with E-state index in [2.05, 4.69) is 25.9 Å². The minimum absolute atomic E-state index is 0.00806. The summed E-state index contributed by atoms with van der Waals surface area (Å²) in [4.78, 5) is 54.5. The Morgan fingerprint density at radius 3 is 2.77 bits per heavy atom. The van der Waals surface area contributed by atoms with Crippen LogP contribution in [0.2, 0.25) is 9.36 Å². The summed E-state index contributed by atoms with van der Waals surface area (Å²) >= 11 is 14.9. The van der Waals surface area contributed by atoms with Crippen LogP contribution in [0, 0.1) is 5.82 Å². The van der Waals surface area contributed by atoms with Crippen LogP contribution in [0.25, 0.3) is 5.65 Å². The van der Waals surface area contributed by atoms with E-state index in [-0.39, 0.29) is 67.9 Å². The number of thiazole rings is 1. The Bertz CT molecular complexity index is 2210. The van der Waals surface area contributed by atoms with E-state index in [1.54, 1.807) is 38.4 Å². The molecule has 278 valence electrons. The van der Waals surface area contributed by atoms with Gasteiger partial charge >= 0.3 is 11.6 Å². The monoisotopic (exact) mass is 806 g/mol. The number of carbonyl (C=O) groups excluding carboxylic acids is 2. The van der Waals surface area contributed by atoms with Gasteiger partial charge in [0.2, 0.25) is 0 Å². The maximum Gasteiger partial charge on any atom is 0.352 e. The number of amides is 2. The van der Waals surface area contributed by atoms with Crippen LogP contribution in [-0.2, 0) is 37.1 Å². The summed E-state index contributed by atoms with van der Waals surface area (Å²) in [7, 11) is 1.23. The highest BCUT2D eigenvalue weighted by atomic mass is 35.5. The van der Waals surface area contributed by atoms with E-state index in [4.69, 9.17) is 44.3 Å². The zero-order valence-corrected chi connectivity index (χ0v) is 30.8. The molecule has 1 unspecified atom stereocenters. The molecular formula is C31H31Cl2FN11O6S2+. The Kier molecular flexibility index (Phi) is 10.2. The van der Waals surface area contributed by atoms with Crippen LogP contribution >= 0.6 is 46.3 Å². The quantitative estimate of drug-likeness (QED) is 0.0452. The van der Waals surface area contributed by atoms with Crippen molar-refractivity contribution in [3.05, 3.63) is 80.1 Å². The van der Waals surface area contributed by atoms with Crippen molar-refractivity contribution in [1.82, 2.24) is 29.7 Å². The Morgan fingerprint density at radius 1 is 1.28 bits per heavy atom. The summed E-state index contributed by atoms with van der Waals surface area (Å²) in [5.41, 5.74) is 13.0. The minimum Gasteiger partial charge on any atom is -0.477 e. The first-order valence-electron chi connectivity index (χ1n) is 15.9. The molecule has 3 aliphatic rings. The number of carboxylic acids is 1. The van der Waals surface area contributed by atoms with E-state index in [1.165, 1.54) is 31.0 Å². The minimum atomic E-state index is -1.29. The van der Waals surface area contributed by atoms with Gasteiger partial charge in [0, 0.05) is 29.8 Å². The Morgan fingerprint density at radius 2 is 2.09 bits per heavy atom. The molecule has 2 saturated heterocycles. The van der Waals surface area contributed by atoms with Crippen LogP contribution in [0.3, 0.4) is 0 Å². The number of nitrogens with one attached hydrogen (secondary N) is 2. The number of hydrogen-bond acceptors (Lipinski definition) is 12. The van der Waals surface area contributed by atoms with Crippen molar-refractivity contribution < 1.29 is 38.1 Å². The summed E-state index contributed by atoms with van der Waals surface area (Å²) in [5.74, 6) is -3.01. The summed E-state index contributed by atoms with van der Waals surface area (Å²) < 4.78 is 20.8. The van der Waals surface area contributed by atoms with Crippen LogP contribution < -0.4 is 26.7 Å². The lowest BCUT2D eigenvalue weighted by molar-refractivity contribution is -0.662. The van der Waals surface area contributed by atoms with Crippen LogP contribution in [-0.4, -0.2) is 97.0 Å². The smallest absolute Gasteiger partial charge is 0.352 e. The van der Waals surface area contributed by atoms with Crippen LogP contribution in [0.4, 0.5) is 9.52 Å². The summed E-state index contributed by atoms with van der Waals surface area (Å²) in [6, 6.07) is 3.54. The number of hydrogen-bond donors (Lipinski definition) is 5. The number of carboxylic acid groups (broad SMARTS) is 1. The molecule has 0 saturated carbocycles. The first kappa shape index (κ1) is 36.5. The highest BCUT2D eigenvalue weighted by Crippen LogP contribution is 2.41. The number of aromatic nitrogens is 4. The topological polar surface area (TPSA) is 220 Å². The summed E-state index contributed by atoms with van der Waals surface area (Å²) in [6.45, 7) is 1.68. The predicted octanol–water partition coefficient (Wildman–Crippen LogP) is 1.35. The number of nitrogens with zero attached hydrogens (tertiary/aromatic N) is 7. The van der Waals surface area contributed by atoms with Crippen molar-refractivity contribution in [2.24, 2.45) is 16.0 Å². The van der Waals surface area contributed by atoms with Gasteiger partial charge in [0.25, 0.3) is 11.8 Å². The number of amidine groups is 1. The molecule has 6 heterocycles. The van der Waals surface area contributed by atoms with E-state index in [0.717, 1.165) is 29.2 Å². The molecule has 22 heteroatoms. The number of benzene rings is 1. The molecule has 3 aromatic heterocycles. The zero-order valence-electron chi connectivity index (χ0n) is 27.7. The molecule has 3 aliphatic heterocycles. The molecule has 0 aliphatic carbocycles. The molecule has 0 bridgehead atoms. The van der Waals surface area contributed by atoms with Crippen molar-refractivity contribution in [3.63, 3.8) is 0 Å². The van der Waals surface area contributed by atoms with E-state index < -0.39 is 35.0 Å². The van der Waals surface area contributed by atoms with Gasteiger partial charge in [-0.1, -0.05) is 44.9 Å². The normalized spacial score (nSPS) is 20.5. The van der Waals surface area contributed by atoms with E-state index >= 15 is 4.39 Å². The molecule has 0 radical (unpaired) electrons. The molecule has 53 heavy (non-hydrogen) atoms. The van der Waals surface area contributed by atoms with Crippen LogP contribution in [0.15, 0.2) is 58.4 Å². The lowest BCUT2D eigenvalue weighted by atomic mass is 10.0. The number of rotatable bonds is 12. The largest absolute Gasteiger partial charge is 0.477 e. The van der Waals surface area contributed by atoms with Gasteiger partial charge in [-0.15, -0.1) is 16.3 Å². The standard InChI is InChI=1S/C31H30Cl2FN11O6S2/c1-50-40-22(21-25(33)53-31(36)39-21)27(46)38-23-28(47)45-24(30(48)49)15(13-52-29(23)45)11-43-5-3-20-42(6-7-44(20)43)12-17-18(32)8-14(9-19(17)34)26(35)41-51-16-2-4-37-10-16/h3,5-9,16,23,29,37H,2,4,10-13H2,1H3,(H5-,35,36,38,39,41,46,48,49)/p+1/b40-22-/t16?,23-,29-/m1/s1. The fourth-order valence-electron chi connectivity index (χ4n) is 6.24. The maximum atomic E-state index is 15.4. The van der Waals surface area contributed by atoms with Gasteiger partial charge in [-0.25, -0.2) is 23.4 Å². The fraction of sp³-hybridized carbons (Fsp3) is 0.323. The van der Waals surface area contributed by atoms with Gasteiger partial charge in [-0.3, -0.25) is 14.5 Å². The highest BCUT2D eigenvalue weighted by Gasteiger charge is 2.54. The fourth-order valence-corrected chi connectivity index (χ4v) is 8.77. The summed E-state index contributed by atoms with van der Waals surface area (Å²) in [6.07, 6.45) is 5.93. The van der Waals surface area contributed by atoms with E-state index in [9.17, 15) is 19.5 Å². The van der Waals surface area contributed by atoms with Crippen molar-refractivity contribution in [2.75, 3.05) is 31.7 Å². The number of imidazole rings is 1. The van der Waals surface area contributed by atoms with Crippen LogP contribution in [0.5, 0.6) is 0 Å². The molecule has 7 rings (SSSR count). The molecule has 2 amide bonds. The van der Waals surface area contributed by atoms with E-state index in [1.807, 2.05) is 0 Å². The maximum absolute atomic E-state index is 15.4. The SMILES string of the molecule is CO/N=C(\C(=O)N[C@@H]1C(=O)N2C(C(=O)O)=C(Cn3ccc4n3cc[n+]4Cc3c(F)cc(C(N)=NOC4CCNC4)cc3Cl)CS[C@H]12)c1nc(N)sc1Cl. The first-order chi connectivity index (χ1) is 25.4. The molecule has 7 N–H and O–H groups in total. The highest BCUT2D eigenvalue weighted by molar-refractivity contribution is 8.00. The van der Waals surface area contributed by atoms with E-state index in [0.29, 0.717) is 23.3 Å². The van der Waals surface area contributed by atoms with Gasteiger partial charge in [-0.05, 0) is 24.3 Å². The summed E-state index contributed by atoms with van der Waals surface area (Å²) in [5, 5.41) is 23.2. The van der Waals surface area contributed by atoms with Gasteiger partial charge in [0.15, 0.2) is 22.9 Å². The van der Waals surface area contributed by atoms with Gasteiger partial charge < -0.3 is 36.9 Å². The number of anilines is 1. The number of halogens is 3. The Balaban J connectivity index is 1.06. The number of thioether (sulfide) groups is 1. The van der Waals surface area contributed by atoms with Gasteiger partial charge in [-0.2, -0.15) is 0 Å². The molecule has 0 spiro atoms. The molecule has 17 nitrogen and oxygen atoms in total. The van der Waals surface area contributed by atoms with Gasteiger partial charge in [0.05, 0.1) is 23.8 Å². The molecule has 1 aromatic carbocycles. The lowest BCUT2D eigenvalue weighted by Crippen LogP contribution is -2.71. The second-order valence-electron chi connectivity index (χ2n) is 12.1. The predicted molar refractivity (Wildman–Crippen MR) is 194 cm³/mol. The number of β-lactam (4-membered cyclic amide) rings is 1. The number of aliphatic carboxylic acids is 1. The number of nitrogen functional groups attached to an aromatic ring is 1. The second-order valence-corrected chi connectivity index (χ2v) is 15.2. The Hall–Kier alpha value is -4.89. The third-order valence-corrected chi connectivity index (χ3v) is 11.5. The third-order valence-electron chi connectivity index (χ3n) is 8.78.